The molecule has 0 saturated heterocycles. The van der Waals surface area contributed by atoms with Gasteiger partial charge in [-0.25, -0.2) is 19.3 Å². The summed E-state index contributed by atoms with van der Waals surface area (Å²) in [7, 11) is 2.86. The summed E-state index contributed by atoms with van der Waals surface area (Å²) in [6.07, 6.45) is 8.91. The molecule has 0 fully saturated rings. The topological polar surface area (TPSA) is 105 Å². The van der Waals surface area contributed by atoms with Crippen molar-refractivity contribution in [2.24, 2.45) is 7.05 Å². The molecule has 0 unspecified atom stereocenters. The highest BCUT2D eigenvalue weighted by molar-refractivity contribution is 6.74. The number of ether oxygens (including phenoxy) is 2. The molecule has 44 heavy (non-hydrogen) atoms. The van der Waals surface area contributed by atoms with Crippen molar-refractivity contribution in [1.29, 1.82) is 0 Å². The lowest BCUT2D eigenvalue weighted by Crippen LogP contribution is -2.41. The number of imidazole rings is 1. The second kappa shape index (κ2) is 12.3. The Labute approximate surface area is 257 Å². The van der Waals surface area contributed by atoms with Gasteiger partial charge in [0.2, 0.25) is 0 Å². The van der Waals surface area contributed by atoms with E-state index in [2.05, 4.69) is 48.9 Å². The number of methoxy groups -OCH3 is 2. The molecule has 1 aromatic carbocycles. The van der Waals surface area contributed by atoms with Gasteiger partial charge in [0, 0.05) is 49.9 Å². The van der Waals surface area contributed by atoms with Crippen LogP contribution in [0.2, 0.25) is 18.1 Å². The lowest BCUT2D eigenvalue weighted by molar-refractivity contribution is 0.270. The van der Waals surface area contributed by atoms with Crippen molar-refractivity contribution in [1.82, 2.24) is 34.3 Å². The minimum Gasteiger partial charge on any atom is -0.497 e. The molecular formula is C31H39FN8O3Si. The minimum absolute atomic E-state index is 0.0508. The molecule has 4 aromatic heterocycles. The number of hydrogen-bond donors (Lipinski definition) is 0. The van der Waals surface area contributed by atoms with Crippen LogP contribution >= 0.6 is 0 Å². The molecule has 0 amide bonds. The van der Waals surface area contributed by atoms with Crippen molar-refractivity contribution in [3.05, 3.63) is 66.9 Å². The Hall–Kier alpha value is -4.36. The maximum Gasteiger partial charge on any atom is 0.192 e. The zero-order valence-electron chi connectivity index (χ0n) is 26.5. The van der Waals surface area contributed by atoms with Crippen LogP contribution in [-0.2, 0) is 24.6 Å². The SMILES string of the molecule is COc1cc(OC)c(F)c(N(Cc2nccn2CCO[Si](C)(C)C(C)(C)C)c2ccc3ncc(-c4cnn(C)c4)nc3n2)c1. The number of nitrogens with zero attached hydrogens (tertiary/aromatic N) is 8. The van der Waals surface area contributed by atoms with Crippen molar-refractivity contribution in [2.45, 2.75) is 52.0 Å². The van der Waals surface area contributed by atoms with Crippen molar-refractivity contribution >= 4 is 31.0 Å². The number of aryl methyl sites for hydroxylation is 1. The maximum atomic E-state index is 16.0. The van der Waals surface area contributed by atoms with Gasteiger partial charge in [0.05, 0.1) is 51.1 Å². The smallest absolute Gasteiger partial charge is 0.192 e. The highest BCUT2D eigenvalue weighted by Gasteiger charge is 2.37. The normalized spacial score (nSPS) is 12.1. The molecule has 232 valence electrons. The molecular weight excluding hydrogens is 579 g/mol. The first-order valence-electron chi connectivity index (χ1n) is 14.4. The molecule has 0 aliphatic rings. The van der Waals surface area contributed by atoms with Crippen LogP contribution in [0.4, 0.5) is 15.9 Å². The van der Waals surface area contributed by atoms with Crippen LogP contribution < -0.4 is 14.4 Å². The van der Waals surface area contributed by atoms with Crippen LogP contribution in [0.1, 0.15) is 26.6 Å². The van der Waals surface area contributed by atoms with Gasteiger partial charge in [0.1, 0.15) is 22.9 Å². The molecule has 0 aliphatic heterocycles. The van der Waals surface area contributed by atoms with E-state index < -0.39 is 14.1 Å². The minimum atomic E-state index is -1.93. The number of anilines is 2. The number of rotatable bonds is 11. The van der Waals surface area contributed by atoms with Crippen molar-refractivity contribution in [3.63, 3.8) is 0 Å². The molecule has 0 atom stereocenters. The fourth-order valence-electron chi connectivity index (χ4n) is 4.49. The number of aromatic nitrogens is 7. The van der Waals surface area contributed by atoms with Gasteiger partial charge in [-0.05, 0) is 30.3 Å². The van der Waals surface area contributed by atoms with Gasteiger partial charge in [-0.3, -0.25) is 9.67 Å². The van der Waals surface area contributed by atoms with Crippen molar-refractivity contribution in [3.8, 4) is 22.8 Å². The third-order valence-electron chi connectivity index (χ3n) is 8.11. The lowest BCUT2D eigenvalue weighted by Gasteiger charge is -2.36. The van der Waals surface area contributed by atoms with E-state index in [0.717, 1.165) is 5.56 Å². The van der Waals surface area contributed by atoms with Gasteiger partial charge in [0.25, 0.3) is 0 Å². The average molecular weight is 619 g/mol. The van der Waals surface area contributed by atoms with Gasteiger partial charge in [-0.2, -0.15) is 5.10 Å². The first-order valence-corrected chi connectivity index (χ1v) is 17.3. The summed E-state index contributed by atoms with van der Waals surface area (Å²) in [6, 6.07) is 6.74. The predicted octanol–water partition coefficient (Wildman–Crippen LogP) is 6.14. The zero-order chi connectivity index (χ0) is 31.6. The number of fused-ring (bicyclic) bond motifs is 1. The van der Waals surface area contributed by atoms with Crippen LogP contribution in [0.3, 0.4) is 0 Å². The number of pyridine rings is 1. The Bertz CT molecular complexity index is 1760. The highest BCUT2D eigenvalue weighted by atomic mass is 28.4. The Morgan fingerprint density at radius 3 is 2.50 bits per heavy atom. The molecule has 0 bridgehead atoms. The largest absolute Gasteiger partial charge is 0.497 e. The second-order valence-corrected chi connectivity index (χ2v) is 16.9. The Kier molecular flexibility index (Phi) is 8.70. The van der Waals surface area contributed by atoms with Crippen LogP contribution in [0, 0.1) is 5.82 Å². The molecule has 0 N–H and O–H groups in total. The van der Waals surface area contributed by atoms with Crippen molar-refractivity contribution in [2.75, 3.05) is 25.7 Å². The van der Waals surface area contributed by atoms with E-state index in [1.165, 1.54) is 20.3 Å². The number of hydrogen-bond acceptors (Lipinski definition) is 9. The third kappa shape index (κ3) is 6.43. The predicted molar refractivity (Wildman–Crippen MR) is 170 cm³/mol. The van der Waals surface area contributed by atoms with E-state index in [0.29, 0.717) is 47.4 Å². The van der Waals surface area contributed by atoms with Crippen molar-refractivity contribution < 1.29 is 18.3 Å². The van der Waals surface area contributed by atoms with E-state index in [9.17, 15) is 0 Å². The second-order valence-electron chi connectivity index (χ2n) is 12.1. The summed E-state index contributed by atoms with van der Waals surface area (Å²) < 4.78 is 37.0. The first kappa shape index (κ1) is 31.1. The molecule has 13 heteroatoms. The molecule has 5 aromatic rings. The summed E-state index contributed by atoms with van der Waals surface area (Å²) in [5.41, 5.74) is 2.69. The zero-order valence-corrected chi connectivity index (χ0v) is 27.5. The van der Waals surface area contributed by atoms with E-state index in [1.807, 2.05) is 30.1 Å². The number of benzene rings is 1. The molecule has 0 radical (unpaired) electrons. The molecule has 4 heterocycles. The average Bonchev–Trinajstić information content (AvgIpc) is 3.63. The Morgan fingerprint density at radius 2 is 1.82 bits per heavy atom. The van der Waals surface area contributed by atoms with Gasteiger partial charge < -0.3 is 23.4 Å². The summed E-state index contributed by atoms with van der Waals surface area (Å²) in [6.45, 7) is 12.5. The van der Waals surface area contributed by atoms with Crippen LogP contribution in [-0.4, -0.2) is 63.4 Å². The summed E-state index contributed by atoms with van der Waals surface area (Å²) in [5, 5.41) is 4.34. The number of halogens is 1. The van der Waals surface area contributed by atoms with E-state index >= 15 is 4.39 Å². The molecule has 0 spiro atoms. The summed E-state index contributed by atoms with van der Waals surface area (Å²) >= 11 is 0. The first-order chi connectivity index (χ1) is 20.9. The Balaban J connectivity index is 1.54. The third-order valence-corrected chi connectivity index (χ3v) is 12.6. The van der Waals surface area contributed by atoms with Crippen LogP contribution in [0.5, 0.6) is 11.5 Å². The van der Waals surface area contributed by atoms with Gasteiger partial charge in [-0.15, -0.1) is 0 Å². The molecule has 0 aliphatic carbocycles. The quantitative estimate of drug-likeness (QED) is 0.162. The van der Waals surface area contributed by atoms with E-state index in [1.54, 1.807) is 40.3 Å². The molecule has 11 nitrogen and oxygen atoms in total. The molecule has 0 saturated carbocycles. The highest BCUT2D eigenvalue weighted by Crippen LogP contribution is 2.38. The molecule has 5 rings (SSSR count). The fraction of sp³-hybridized carbons (Fsp3) is 0.387. The standard InChI is InChI=1S/C31H39FN8O3Si/c1-31(2,3)44(7,8)43-14-13-39-12-11-33-28(39)20-40(25-15-22(41-5)16-26(42-6)29(25)32)27-10-9-23-30(37-27)36-24(18-34-23)21-17-35-38(4)19-21/h9-12,15-19H,13-14,20H2,1-8H3. The van der Waals surface area contributed by atoms with Crippen LogP contribution in [0.15, 0.2) is 55.2 Å². The monoisotopic (exact) mass is 618 g/mol. The van der Waals surface area contributed by atoms with Crippen LogP contribution in [0.25, 0.3) is 22.4 Å². The van der Waals surface area contributed by atoms with Gasteiger partial charge in [0.15, 0.2) is 25.5 Å². The van der Waals surface area contributed by atoms with E-state index in [4.69, 9.17) is 23.9 Å². The lowest BCUT2D eigenvalue weighted by atomic mass is 10.2. The van der Waals surface area contributed by atoms with E-state index in [-0.39, 0.29) is 23.0 Å². The fourth-order valence-corrected chi connectivity index (χ4v) is 5.53. The summed E-state index contributed by atoms with van der Waals surface area (Å²) in [5.74, 6) is 1.10. The maximum absolute atomic E-state index is 16.0. The summed E-state index contributed by atoms with van der Waals surface area (Å²) in [4.78, 5) is 20.5. The Morgan fingerprint density at radius 1 is 1.02 bits per heavy atom. The van der Waals surface area contributed by atoms with Gasteiger partial charge >= 0.3 is 0 Å². The van der Waals surface area contributed by atoms with Gasteiger partial charge in [-0.1, -0.05) is 20.8 Å².